The minimum atomic E-state index is -0.237. The molecule has 4 nitrogen and oxygen atoms in total. The maximum atomic E-state index is 13.4. The third-order valence-electron chi connectivity index (χ3n) is 4.46. The van der Waals surface area contributed by atoms with Crippen molar-refractivity contribution in [3.8, 4) is 10.4 Å². The smallest absolute Gasteiger partial charge is 0.224 e. The van der Waals surface area contributed by atoms with Crippen LogP contribution in [0, 0.1) is 5.82 Å². The van der Waals surface area contributed by atoms with E-state index in [-0.39, 0.29) is 36.2 Å². The van der Waals surface area contributed by atoms with Gasteiger partial charge in [0.05, 0.1) is 19.8 Å². The molecule has 2 aromatic rings. The van der Waals surface area contributed by atoms with E-state index in [4.69, 9.17) is 4.74 Å². The first-order valence-electron chi connectivity index (χ1n) is 8.98. The molecule has 27 heavy (non-hydrogen) atoms. The highest BCUT2D eigenvalue weighted by Crippen LogP contribution is 2.29. The van der Waals surface area contributed by atoms with Crippen molar-refractivity contribution in [2.45, 2.75) is 38.9 Å². The second-order valence-corrected chi connectivity index (χ2v) is 7.99. The Morgan fingerprint density at radius 3 is 2.85 bits per heavy atom. The van der Waals surface area contributed by atoms with Gasteiger partial charge in [-0.3, -0.25) is 4.79 Å². The minimum Gasteiger partial charge on any atom is -0.378 e. The molecule has 7 heteroatoms. The zero-order valence-electron chi connectivity index (χ0n) is 15.6. The first-order valence-corrected chi connectivity index (χ1v) is 9.80. The van der Waals surface area contributed by atoms with Gasteiger partial charge >= 0.3 is 0 Å². The van der Waals surface area contributed by atoms with Crippen LogP contribution in [0.15, 0.2) is 36.4 Å². The number of nitrogens with zero attached hydrogens (tertiary/aromatic N) is 1. The molecule has 0 bridgehead atoms. The average molecular weight is 413 g/mol. The highest BCUT2D eigenvalue weighted by atomic mass is 35.5. The lowest BCUT2D eigenvalue weighted by Gasteiger charge is -2.30. The average Bonchev–Trinajstić information content (AvgIpc) is 3.09. The van der Waals surface area contributed by atoms with Crippen molar-refractivity contribution in [2.24, 2.45) is 0 Å². The van der Waals surface area contributed by atoms with E-state index in [1.54, 1.807) is 17.4 Å². The van der Waals surface area contributed by atoms with Gasteiger partial charge in [-0.1, -0.05) is 12.1 Å². The molecule has 1 atom stereocenters. The van der Waals surface area contributed by atoms with E-state index in [9.17, 15) is 9.18 Å². The Hall–Kier alpha value is -1.47. The van der Waals surface area contributed by atoms with E-state index in [2.05, 4.69) is 5.32 Å². The molecular weight excluding hydrogens is 387 g/mol. The topological polar surface area (TPSA) is 41.6 Å². The summed E-state index contributed by atoms with van der Waals surface area (Å²) in [7, 11) is 0. The van der Waals surface area contributed by atoms with E-state index >= 15 is 0 Å². The van der Waals surface area contributed by atoms with Crippen LogP contribution in [0.2, 0.25) is 0 Å². The van der Waals surface area contributed by atoms with Crippen LogP contribution in [0.4, 0.5) is 4.39 Å². The molecule has 0 radical (unpaired) electrons. The summed E-state index contributed by atoms with van der Waals surface area (Å²) in [4.78, 5) is 16.8. The summed E-state index contributed by atoms with van der Waals surface area (Å²) in [6, 6.07) is 10.8. The van der Waals surface area contributed by atoms with Crippen LogP contribution in [-0.2, 0) is 16.1 Å². The van der Waals surface area contributed by atoms with E-state index in [1.165, 1.54) is 12.1 Å². The highest BCUT2D eigenvalue weighted by Gasteiger charge is 2.23. The van der Waals surface area contributed by atoms with Gasteiger partial charge in [0.1, 0.15) is 5.82 Å². The summed E-state index contributed by atoms with van der Waals surface area (Å²) in [6.45, 7) is 6.72. The predicted octanol–water partition coefficient (Wildman–Crippen LogP) is 4.09. The van der Waals surface area contributed by atoms with Gasteiger partial charge in [0.2, 0.25) is 5.91 Å². The number of benzene rings is 1. The second kappa shape index (κ2) is 10.2. The number of thiophene rings is 1. The minimum absolute atomic E-state index is 0. The van der Waals surface area contributed by atoms with Crippen molar-refractivity contribution in [3.05, 3.63) is 47.1 Å². The fourth-order valence-corrected chi connectivity index (χ4v) is 4.07. The van der Waals surface area contributed by atoms with Crippen molar-refractivity contribution >= 4 is 29.7 Å². The quantitative estimate of drug-likeness (QED) is 0.776. The van der Waals surface area contributed by atoms with Crippen LogP contribution in [0.25, 0.3) is 10.4 Å². The van der Waals surface area contributed by atoms with Crippen LogP contribution < -0.4 is 5.32 Å². The number of morpholine rings is 1. The van der Waals surface area contributed by atoms with E-state index in [0.29, 0.717) is 26.2 Å². The maximum Gasteiger partial charge on any atom is 0.224 e. The standard InChI is InChI=1S/C20H25FN2O2S.ClH/c1-14(2)23(20(24)11-17-13-25-9-8-22-17)12-18-6-7-19(26-18)15-4-3-5-16(21)10-15;/h3-7,10,14,17,22H,8-9,11-13H2,1-2H3;1H. The third kappa shape index (κ3) is 6.01. The summed E-state index contributed by atoms with van der Waals surface area (Å²) >= 11 is 1.60. The van der Waals surface area contributed by atoms with Gasteiger partial charge in [-0.15, -0.1) is 23.7 Å². The molecule has 1 amide bonds. The molecule has 3 rings (SSSR count). The number of hydrogen-bond acceptors (Lipinski definition) is 4. The SMILES string of the molecule is CC(C)N(Cc1ccc(-c2cccc(F)c2)s1)C(=O)CC1COCCN1.Cl. The Morgan fingerprint density at radius 2 is 2.19 bits per heavy atom. The Balaban J connectivity index is 0.00000261. The molecule has 148 valence electrons. The summed E-state index contributed by atoms with van der Waals surface area (Å²) in [5.41, 5.74) is 0.868. The van der Waals surface area contributed by atoms with Gasteiger partial charge in [0, 0.05) is 34.8 Å². The number of rotatable bonds is 6. The summed E-state index contributed by atoms with van der Waals surface area (Å²) < 4.78 is 18.9. The zero-order chi connectivity index (χ0) is 18.5. The molecule has 1 N–H and O–H groups in total. The van der Waals surface area contributed by atoms with Gasteiger partial charge in [0.25, 0.3) is 0 Å². The van der Waals surface area contributed by atoms with Crippen LogP contribution in [-0.4, -0.2) is 42.6 Å². The molecule has 1 aliphatic rings. The molecule has 1 unspecified atom stereocenters. The highest BCUT2D eigenvalue weighted by molar-refractivity contribution is 7.15. The molecule has 0 aliphatic carbocycles. The largest absolute Gasteiger partial charge is 0.378 e. The number of ether oxygens (including phenoxy) is 1. The first kappa shape index (κ1) is 21.8. The van der Waals surface area contributed by atoms with E-state index in [0.717, 1.165) is 21.9 Å². The molecule has 1 fully saturated rings. The Kier molecular flexibility index (Phi) is 8.23. The molecule has 0 saturated carbocycles. The molecular formula is C20H26ClFN2O2S. The Bertz CT molecular complexity index is 747. The maximum absolute atomic E-state index is 13.4. The molecule has 2 heterocycles. The summed E-state index contributed by atoms with van der Waals surface area (Å²) in [6.07, 6.45) is 0.445. The third-order valence-corrected chi connectivity index (χ3v) is 5.58. The molecule has 0 spiro atoms. The van der Waals surface area contributed by atoms with Crippen molar-refractivity contribution in [2.75, 3.05) is 19.8 Å². The van der Waals surface area contributed by atoms with E-state index < -0.39 is 0 Å². The number of nitrogens with one attached hydrogen (secondary N) is 1. The van der Waals surface area contributed by atoms with Crippen LogP contribution in [0.3, 0.4) is 0 Å². The van der Waals surface area contributed by atoms with Crippen LogP contribution >= 0.6 is 23.7 Å². The van der Waals surface area contributed by atoms with Crippen LogP contribution in [0.5, 0.6) is 0 Å². The fourth-order valence-electron chi connectivity index (χ4n) is 3.07. The monoisotopic (exact) mass is 412 g/mol. The number of amides is 1. The normalized spacial score (nSPS) is 16.8. The van der Waals surface area contributed by atoms with Gasteiger partial charge in [-0.2, -0.15) is 0 Å². The first-order chi connectivity index (χ1) is 12.5. The van der Waals surface area contributed by atoms with Crippen LogP contribution in [0.1, 0.15) is 25.1 Å². The van der Waals surface area contributed by atoms with Crippen molar-refractivity contribution in [3.63, 3.8) is 0 Å². The van der Waals surface area contributed by atoms with Crippen molar-refractivity contribution in [1.82, 2.24) is 10.2 Å². The zero-order valence-corrected chi connectivity index (χ0v) is 17.2. The molecule has 1 aromatic carbocycles. The number of carbonyl (C=O) groups excluding carboxylic acids is 1. The van der Waals surface area contributed by atoms with Gasteiger partial charge < -0.3 is 15.0 Å². The lowest BCUT2D eigenvalue weighted by Crippen LogP contribution is -2.46. The number of hydrogen-bond donors (Lipinski definition) is 1. The van der Waals surface area contributed by atoms with Gasteiger partial charge in [0.15, 0.2) is 0 Å². The Labute approximate surface area is 170 Å². The second-order valence-electron chi connectivity index (χ2n) is 6.82. The van der Waals surface area contributed by atoms with E-state index in [1.807, 2.05) is 36.9 Å². The number of carbonyl (C=O) groups is 1. The lowest BCUT2D eigenvalue weighted by atomic mass is 10.1. The lowest BCUT2D eigenvalue weighted by molar-refractivity contribution is -0.134. The summed E-state index contributed by atoms with van der Waals surface area (Å²) in [5.74, 6) is -0.109. The van der Waals surface area contributed by atoms with Crippen molar-refractivity contribution in [1.29, 1.82) is 0 Å². The molecule has 1 saturated heterocycles. The number of halogens is 2. The van der Waals surface area contributed by atoms with Gasteiger partial charge in [-0.05, 0) is 43.7 Å². The Morgan fingerprint density at radius 1 is 1.37 bits per heavy atom. The molecule has 1 aromatic heterocycles. The molecule has 1 aliphatic heterocycles. The van der Waals surface area contributed by atoms with Crippen molar-refractivity contribution < 1.29 is 13.9 Å². The summed E-state index contributed by atoms with van der Waals surface area (Å²) in [5, 5.41) is 3.33. The predicted molar refractivity (Wildman–Crippen MR) is 110 cm³/mol. The van der Waals surface area contributed by atoms with Gasteiger partial charge in [-0.25, -0.2) is 4.39 Å². The fraction of sp³-hybridized carbons (Fsp3) is 0.450.